The molecule has 6 nitrogen and oxygen atoms in total. The van der Waals surface area contributed by atoms with Gasteiger partial charge >= 0.3 is 6.18 Å². The van der Waals surface area contributed by atoms with Gasteiger partial charge in [-0.1, -0.05) is 19.1 Å². The first kappa shape index (κ1) is 22.1. The second kappa shape index (κ2) is 9.85. The summed E-state index contributed by atoms with van der Waals surface area (Å²) in [5.74, 6) is 0.462. The van der Waals surface area contributed by atoms with E-state index in [1.807, 2.05) is 19.1 Å². The highest BCUT2D eigenvalue weighted by atomic mass is 32.1. The third-order valence-electron chi connectivity index (χ3n) is 3.98. The molecule has 154 valence electrons. The third-order valence-corrected chi connectivity index (χ3v) is 5.12. The van der Waals surface area contributed by atoms with Gasteiger partial charge in [0.1, 0.15) is 11.9 Å². The van der Waals surface area contributed by atoms with Crippen molar-refractivity contribution in [3.05, 3.63) is 45.9 Å². The van der Waals surface area contributed by atoms with Crippen LogP contribution in [-0.4, -0.2) is 42.7 Å². The monoisotopic (exact) mass is 417 g/mol. The van der Waals surface area contributed by atoms with Crippen molar-refractivity contribution >= 4 is 17.2 Å². The van der Waals surface area contributed by atoms with Crippen LogP contribution >= 0.6 is 11.3 Å². The number of halogens is 3. The summed E-state index contributed by atoms with van der Waals surface area (Å²) in [5, 5.41) is 14.6. The Balaban J connectivity index is 1.79. The minimum Gasteiger partial charge on any atom is -0.484 e. The lowest BCUT2D eigenvalue weighted by Crippen LogP contribution is -2.25. The van der Waals surface area contributed by atoms with Crippen molar-refractivity contribution in [2.45, 2.75) is 25.1 Å². The van der Waals surface area contributed by atoms with Gasteiger partial charge in [-0.2, -0.15) is 13.2 Å². The molecule has 3 N–H and O–H groups in total. The lowest BCUT2D eigenvalue weighted by atomic mass is 10.0. The molecule has 0 bridgehead atoms. The second-order valence-electron chi connectivity index (χ2n) is 6.17. The van der Waals surface area contributed by atoms with E-state index in [1.165, 1.54) is 7.05 Å². The Hall–Kier alpha value is -2.17. The molecule has 0 saturated carbocycles. The Morgan fingerprint density at radius 2 is 1.96 bits per heavy atom. The zero-order chi connectivity index (χ0) is 20.7. The number of aliphatic hydroxyl groups is 1. The number of aromatic nitrogens is 1. The number of ether oxygens (including phenoxy) is 1. The topological polar surface area (TPSA) is 83.5 Å². The number of carbonyl (C=O) groups excluding carboxylic acids is 1. The first-order valence-corrected chi connectivity index (χ1v) is 9.37. The van der Waals surface area contributed by atoms with Gasteiger partial charge < -0.3 is 20.5 Å². The number of rotatable bonds is 9. The Morgan fingerprint density at radius 1 is 1.29 bits per heavy atom. The molecule has 0 aliphatic heterocycles. The standard InChI is InChI=1S/C18H22F3N3O3S/c1-11(12-3-5-13(6-4-12)27-10-16(26)22-2)7-23-8-14(25)15-9-24-17(28-15)18(19,20)21/h3-6,9,11,14,23,25H,7-8,10H2,1-2H3,(H,22,26). The fraction of sp³-hybridized carbons (Fsp3) is 0.444. The summed E-state index contributed by atoms with van der Waals surface area (Å²) in [7, 11) is 1.53. The Bertz CT molecular complexity index is 765. The molecule has 2 unspecified atom stereocenters. The number of amides is 1. The fourth-order valence-electron chi connectivity index (χ4n) is 2.34. The average Bonchev–Trinajstić information content (AvgIpc) is 3.17. The first-order chi connectivity index (χ1) is 13.2. The van der Waals surface area contributed by atoms with Crippen LogP contribution in [0.2, 0.25) is 0 Å². The van der Waals surface area contributed by atoms with Gasteiger partial charge in [-0.15, -0.1) is 11.3 Å². The van der Waals surface area contributed by atoms with E-state index >= 15 is 0 Å². The fourth-order valence-corrected chi connectivity index (χ4v) is 3.11. The van der Waals surface area contributed by atoms with Crippen LogP contribution in [0.4, 0.5) is 13.2 Å². The molecule has 0 aliphatic rings. The quantitative estimate of drug-likeness (QED) is 0.584. The van der Waals surface area contributed by atoms with Crippen molar-refractivity contribution in [2.75, 3.05) is 26.7 Å². The minimum atomic E-state index is -4.50. The van der Waals surface area contributed by atoms with E-state index < -0.39 is 17.3 Å². The molecule has 0 aliphatic carbocycles. The Kier molecular flexibility index (Phi) is 7.78. The van der Waals surface area contributed by atoms with Crippen LogP contribution in [0.5, 0.6) is 5.75 Å². The van der Waals surface area contributed by atoms with E-state index in [0.29, 0.717) is 23.6 Å². The molecule has 0 saturated heterocycles. The number of carbonyl (C=O) groups is 1. The lowest BCUT2D eigenvalue weighted by Gasteiger charge is -2.15. The van der Waals surface area contributed by atoms with Gasteiger partial charge in [0.25, 0.3) is 5.91 Å². The maximum Gasteiger partial charge on any atom is 0.443 e. The van der Waals surface area contributed by atoms with Gasteiger partial charge in [0.15, 0.2) is 11.6 Å². The first-order valence-electron chi connectivity index (χ1n) is 8.55. The average molecular weight is 417 g/mol. The molecule has 1 aromatic carbocycles. The smallest absolute Gasteiger partial charge is 0.443 e. The van der Waals surface area contributed by atoms with Crippen molar-refractivity contribution in [1.82, 2.24) is 15.6 Å². The minimum absolute atomic E-state index is 0.0571. The third kappa shape index (κ3) is 6.47. The number of aliphatic hydroxyl groups excluding tert-OH is 1. The molecule has 0 radical (unpaired) electrons. The predicted octanol–water partition coefficient (Wildman–Crippen LogP) is 2.71. The van der Waals surface area contributed by atoms with E-state index in [-0.39, 0.29) is 29.9 Å². The highest BCUT2D eigenvalue weighted by molar-refractivity contribution is 7.11. The molecular weight excluding hydrogens is 395 g/mol. The number of hydrogen-bond acceptors (Lipinski definition) is 6. The van der Waals surface area contributed by atoms with Crippen molar-refractivity contribution in [3.8, 4) is 5.75 Å². The van der Waals surface area contributed by atoms with Gasteiger partial charge in [0.05, 0.1) is 4.88 Å². The summed E-state index contributed by atoms with van der Waals surface area (Å²) in [5.41, 5.74) is 1.02. The molecule has 1 aromatic heterocycles. The van der Waals surface area contributed by atoms with E-state index in [0.717, 1.165) is 11.8 Å². The second-order valence-corrected chi connectivity index (χ2v) is 7.23. The van der Waals surface area contributed by atoms with Crippen LogP contribution in [-0.2, 0) is 11.0 Å². The van der Waals surface area contributed by atoms with Crippen LogP contribution in [0, 0.1) is 0 Å². The highest BCUT2D eigenvalue weighted by Gasteiger charge is 2.35. The molecule has 1 amide bonds. The number of benzene rings is 1. The molecule has 1 heterocycles. The number of nitrogens with one attached hydrogen (secondary N) is 2. The summed E-state index contributed by atoms with van der Waals surface area (Å²) < 4.78 is 43.0. The van der Waals surface area contributed by atoms with Crippen molar-refractivity contribution in [3.63, 3.8) is 0 Å². The van der Waals surface area contributed by atoms with Gasteiger partial charge in [0.2, 0.25) is 0 Å². The zero-order valence-electron chi connectivity index (χ0n) is 15.4. The van der Waals surface area contributed by atoms with Crippen molar-refractivity contribution in [1.29, 1.82) is 0 Å². The van der Waals surface area contributed by atoms with E-state index in [1.54, 1.807) is 12.1 Å². The zero-order valence-corrected chi connectivity index (χ0v) is 16.2. The van der Waals surface area contributed by atoms with Gasteiger partial charge in [0, 0.05) is 26.3 Å². The highest BCUT2D eigenvalue weighted by Crippen LogP contribution is 2.34. The Morgan fingerprint density at radius 3 is 2.54 bits per heavy atom. The van der Waals surface area contributed by atoms with Crippen molar-refractivity contribution < 1.29 is 27.8 Å². The lowest BCUT2D eigenvalue weighted by molar-refractivity contribution is -0.137. The van der Waals surface area contributed by atoms with Crippen LogP contribution in [0.15, 0.2) is 30.5 Å². The van der Waals surface area contributed by atoms with Gasteiger partial charge in [-0.05, 0) is 23.6 Å². The molecule has 2 rings (SSSR count). The van der Waals surface area contributed by atoms with E-state index in [4.69, 9.17) is 4.74 Å². The largest absolute Gasteiger partial charge is 0.484 e. The number of likely N-dealkylation sites (N-methyl/N-ethyl adjacent to an activating group) is 1. The van der Waals surface area contributed by atoms with Gasteiger partial charge in [-0.3, -0.25) is 4.79 Å². The normalized spacial score (nSPS) is 13.8. The molecule has 10 heteroatoms. The van der Waals surface area contributed by atoms with Crippen LogP contribution in [0.25, 0.3) is 0 Å². The Labute approximate surface area is 164 Å². The number of nitrogens with zero attached hydrogens (tertiary/aromatic N) is 1. The summed E-state index contributed by atoms with van der Waals surface area (Å²) in [6.45, 7) is 2.57. The molecule has 0 fully saturated rings. The molecule has 2 atom stereocenters. The van der Waals surface area contributed by atoms with Crippen LogP contribution in [0.1, 0.15) is 34.4 Å². The molecule has 0 spiro atoms. The van der Waals surface area contributed by atoms with Crippen molar-refractivity contribution in [2.24, 2.45) is 0 Å². The summed E-state index contributed by atoms with van der Waals surface area (Å²) in [6.07, 6.45) is -4.50. The van der Waals surface area contributed by atoms with E-state index in [9.17, 15) is 23.1 Å². The van der Waals surface area contributed by atoms with E-state index in [2.05, 4.69) is 15.6 Å². The van der Waals surface area contributed by atoms with Crippen LogP contribution in [0.3, 0.4) is 0 Å². The predicted molar refractivity (Wildman–Crippen MR) is 99.4 cm³/mol. The maximum absolute atomic E-state index is 12.6. The number of hydrogen-bond donors (Lipinski definition) is 3. The maximum atomic E-state index is 12.6. The molecular formula is C18H22F3N3O3S. The van der Waals surface area contributed by atoms with Gasteiger partial charge in [-0.25, -0.2) is 4.98 Å². The SMILES string of the molecule is CNC(=O)COc1ccc(C(C)CNCC(O)c2cnc(C(F)(F)F)s2)cc1. The molecule has 28 heavy (non-hydrogen) atoms. The number of thiazole rings is 1. The summed E-state index contributed by atoms with van der Waals surface area (Å²) in [6, 6.07) is 7.28. The number of alkyl halides is 3. The molecule has 2 aromatic rings. The summed E-state index contributed by atoms with van der Waals surface area (Å²) >= 11 is 0.444. The van der Waals surface area contributed by atoms with Crippen LogP contribution < -0.4 is 15.4 Å². The summed E-state index contributed by atoms with van der Waals surface area (Å²) in [4.78, 5) is 14.6.